The van der Waals surface area contributed by atoms with E-state index in [1.807, 2.05) is 61.5 Å². The molecular weight excluding hydrogens is 300 g/mol. The van der Waals surface area contributed by atoms with Gasteiger partial charge in [0.1, 0.15) is 11.5 Å². The number of aryl methyl sites for hydroxylation is 1. The number of anilines is 2. The molecule has 0 aliphatic heterocycles. The number of rotatable bonds is 5. The molecule has 0 aliphatic rings. The van der Waals surface area contributed by atoms with Crippen molar-refractivity contribution in [2.45, 2.75) is 13.5 Å². The lowest BCUT2D eigenvalue weighted by molar-refractivity contribution is 0.0945. The van der Waals surface area contributed by atoms with Crippen molar-refractivity contribution in [3.63, 3.8) is 0 Å². The van der Waals surface area contributed by atoms with Gasteiger partial charge in [0.15, 0.2) is 0 Å². The molecule has 1 amide bonds. The Kier molecular flexibility index (Phi) is 4.81. The highest BCUT2D eigenvalue weighted by Crippen LogP contribution is 2.12. The summed E-state index contributed by atoms with van der Waals surface area (Å²) in [4.78, 5) is 20.5. The molecule has 0 saturated carbocycles. The van der Waals surface area contributed by atoms with Crippen LogP contribution in [-0.2, 0) is 6.54 Å². The van der Waals surface area contributed by atoms with Crippen molar-refractivity contribution in [3.8, 4) is 0 Å². The van der Waals surface area contributed by atoms with Gasteiger partial charge in [-0.15, -0.1) is 0 Å². The molecule has 0 saturated heterocycles. The van der Waals surface area contributed by atoms with Crippen molar-refractivity contribution < 1.29 is 4.79 Å². The summed E-state index contributed by atoms with van der Waals surface area (Å²) in [6.07, 6.45) is 3.02. The molecule has 0 aliphatic carbocycles. The van der Waals surface area contributed by atoms with Crippen LogP contribution in [-0.4, -0.2) is 15.9 Å². The summed E-state index contributed by atoms with van der Waals surface area (Å²) in [6.45, 7) is 2.49. The summed E-state index contributed by atoms with van der Waals surface area (Å²) in [6, 6.07) is 17.7. The van der Waals surface area contributed by atoms with Crippen molar-refractivity contribution in [3.05, 3.63) is 83.8 Å². The average molecular weight is 318 g/mol. The first-order valence-electron chi connectivity index (χ1n) is 7.68. The fraction of sp³-hybridized carbons (Fsp3) is 0.105. The van der Waals surface area contributed by atoms with Gasteiger partial charge in [-0.1, -0.05) is 48.0 Å². The van der Waals surface area contributed by atoms with Gasteiger partial charge in [-0.3, -0.25) is 4.79 Å². The van der Waals surface area contributed by atoms with E-state index >= 15 is 0 Å². The van der Waals surface area contributed by atoms with E-state index in [4.69, 9.17) is 0 Å². The average Bonchev–Trinajstić information content (AvgIpc) is 2.62. The summed E-state index contributed by atoms with van der Waals surface area (Å²) in [5.74, 6) is 0.352. The molecule has 0 fully saturated rings. The molecule has 0 atom stereocenters. The summed E-state index contributed by atoms with van der Waals surface area (Å²) in [5.41, 5.74) is 3.45. The number of nitrogens with zero attached hydrogens (tertiary/aromatic N) is 2. The maximum absolute atomic E-state index is 12.1. The molecule has 2 N–H and O–H groups in total. The molecule has 0 unspecified atom stereocenters. The van der Waals surface area contributed by atoms with Gasteiger partial charge < -0.3 is 10.6 Å². The second kappa shape index (κ2) is 7.37. The minimum absolute atomic E-state index is 0.241. The van der Waals surface area contributed by atoms with Crippen LogP contribution in [0.3, 0.4) is 0 Å². The molecule has 3 rings (SSSR count). The normalized spacial score (nSPS) is 10.2. The Balaban J connectivity index is 1.58. The van der Waals surface area contributed by atoms with E-state index in [9.17, 15) is 4.79 Å². The zero-order valence-electron chi connectivity index (χ0n) is 13.4. The topological polar surface area (TPSA) is 66.9 Å². The van der Waals surface area contributed by atoms with E-state index in [1.54, 1.807) is 6.20 Å². The Labute approximate surface area is 140 Å². The van der Waals surface area contributed by atoms with Crippen LogP contribution >= 0.6 is 0 Å². The molecule has 0 radical (unpaired) electrons. The smallest absolute Gasteiger partial charge is 0.271 e. The molecule has 5 nitrogen and oxygen atoms in total. The van der Waals surface area contributed by atoms with Crippen LogP contribution in [0.15, 0.2) is 67.0 Å². The van der Waals surface area contributed by atoms with Crippen molar-refractivity contribution in [2.75, 3.05) is 5.32 Å². The molecule has 24 heavy (non-hydrogen) atoms. The molecule has 120 valence electrons. The number of aromatic nitrogens is 2. The molecule has 0 spiro atoms. The molecule has 5 heteroatoms. The fourth-order valence-electron chi connectivity index (χ4n) is 2.16. The Hall–Kier alpha value is -3.21. The van der Waals surface area contributed by atoms with Crippen LogP contribution in [0.1, 0.15) is 21.6 Å². The lowest BCUT2D eigenvalue weighted by atomic mass is 10.1. The molecule has 3 aromatic rings. The first kappa shape index (κ1) is 15.7. The maximum Gasteiger partial charge on any atom is 0.271 e. The SMILES string of the molecule is Cc1ccc(CNC(=O)c2cnc(Nc3ccccc3)cn2)cc1. The predicted octanol–water partition coefficient (Wildman–Crippen LogP) is 3.46. The quantitative estimate of drug-likeness (QED) is 0.756. The Bertz CT molecular complexity index is 799. The second-order valence-corrected chi connectivity index (χ2v) is 5.45. The Morgan fingerprint density at radius 3 is 2.38 bits per heavy atom. The monoisotopic (exact) mass is 318 g/mol. The van der Waals surface area contributed by atoms with Gasteiger partial charge in [0.2, 0.25) is 0 Å². The Morgan fingerprint density at radius 2 is 1.71 bits per heavy atom. The number of carbonyl (C=O) groups is 1. The van der Waals surface area contributed by atoms with Crippen LogP contribution in [0.5, 0.6) is 0 Å². The Morgan fingerprint density at radius 1 is 0.958 bits per heavy atom. The lowest BCUT2D eigenvalue weighted by Crippen LogP contribution is -2.24. The van der Waals surface area contributed by atoms with Gasteiger partial charge in [0.25, 0.3) is 5.91 Å². The number of hydrogen-bond donors (Lipinski definition) is 2. The first-order chi connectivity index (χ1) is 11.7. The zero-order chi connectivity index (χ0) is 16.8. The third-order valence-electron chi connectivity index (χ3n) is 3.50. The van der Waals surface area contributed by atoms with Gasteiger partial charge in [0.05, 0.1) is 12.4 Å². The third kappa shape index (κ3) is 4.16. The maximum atomic E-state index is 12.1. The van der Waals surface area contributed by atoms with E-state index in [-0.39, 0.29) is 5.91 Å². The minimum Gasteiger partial charge on any atom is -0.347 e. The van der Waals surface area contributed by atoms with Crippen molar-refractivity contribution in [1.29, 1.82) is 0 Å². The van der Waals surface area contributed by atoms with Gasteiger partial charge in [0, 0.05) is 12.2 Å². The zero-order valence-corrected chi connectivity index (χ0v) is 13.4. The predicted molar refractivity (Wildman–Crippen MR) is 94.1 cm³/mol. The number of amides is 1. The van der Waals surface area contributed by atoms with Gasteiger partial charge in [-0.2, -0.15) is 0 Å². The van der Waals surface area contributed by atoms with Gasteiger partial charge in [-0.05, 0) is 24.6 Å². The molecular formula is C19H18N4O. The van der Waals surface area contributed by atoms with Crippen molar-refractivity contribution >= 4 is 17.4 Å². The van der Waals surface area contributed by atoms with Crippen molar-refractivity contribution in [1.82, 2.24) is 15.3 Å². The summed E-state index contributed by atoms with van der Waals surface area (Å²) in [7, 11) is 0. The van der Waals surface area contributed by atoms with E-state index in [2.05, 4.69) is 20.6 Å². The number of para-hydroxylation sites is 1. The van der Waals surface area contributed by atoms with E-state index in [1.165, 1.54) is 11.8 Å². The molecule has 2 aromatic carbocycles. The highest BCUT2D eigenvalue weighted by atomic mass is 16.1. The standard InChI is InChI=1S/C19H18N4O/c1-14-7-9-15(10-8-14)11-22-19(24)17-12-21-18(13-20-17)23-16-5-3-2-4-6-16/h2-10,12-13H,11H2,1H3,(H,21,23)(H,22,24). The summed E-state index contributed by atoms with van der Waals surface area (Å²) >= 11 is 0. The number of carbonyl (C=O) groups excluding carboxylic acids is 1. The number of benzene rings is 2. The minimum atomic E-state index is -0.241. The summed E-state index contributed by atoms with van der Waals surface area (Å²) in [5, 5.41) is 5.97. The van der Waals surface area contributed by atoms with Gasteiger partial charge >= 0.3 is 0 Å². The van der Waals surface area contributed by atoms with Crippen molar-refractivity contribution in [2.24, 2.45) is 0 Å². The largest absolute Gasteiger partial charge is 0.347 e. The molecule has 1 heterocycles. The molecule has 1 aromatic heterocycles. The highest BCUT2D eigenvalue weighted by Gasteiger charge is 2.08. The lowest BCUT2D eigenvalue weighted by Gasteiger charge is -2.07. The van der Waals surface area contributed by atoms with E-state index in [0.717, 1.165) is 11.3 Å². The second-order valence-electron chi connectivity index (χ2n) is 5.45. The van der Waals surface area contributed by atoms with Crippen LogP contribution in [0, 0.1) is 6.92 Å². The van der Waals surface area contributed by atoms with Gasteiger partial charge in [-0.25, -0.2) is 9.97 Å². The van der Waals surface area contributed by atoms with E-state index in [0.29, 0.717) is 18.1 Å². The number of nitrogens with one attached hydrogen (secondary N) is 2. The highest BCUT2D eigenvalue weighted by molar-refractivity contribution is 5.92. The summed E-state index contributed by atoms with van der Waals surface area (Å²) < 4.78 is 0. The van der Waals surface area contributed by atoms with Crippen LogP contribution < -0.4 is 10.6 Å². The fourth-order valence-corrected chi connectivity index (χ4v) is 2.16. The molecule has 0 bridgehead atoms. The third-order valence-corrected chi connectivity index (χ3v) is 3.50. The number of hydrogen-bond acceptors (Lipinski definition) is 4. The van der Waals surface area contributed by atoms with Crippen LogP contribution in [0.4, 0.5) is 11.5 Å². The van der Waals surface area contributed by atoms with Crippen LogP contribution in [0.25, 0.3) is 0 Å². The van der Waals surface area contributed by atoms with Crippen LogP contribution in [0.2, 0.25) is 0 Å². The van der Waals surface area contributed by atoms with E-state index < -0.39 is 0 Å². The first-order valence-corrected chi connectivity index (χ1v) is 7.68.